The maximum Gasteiger partial charge on any atom is 0.305 e. The first-order chi connectivity index (χ1) is 8.16. The number of thiazole rings is 1. The summed E-state index contributed by atoms with van der Waals surface area (Å²) in [7, 11) is 1.86. The highest BCUT2D eigenvalue weighted by Crippen LogP contribution is 2.29. The van der Waals surface area contributed by atoms with Gasteiger partial charge in [0.05, 0.1) is 17.0 Å². The van der Waals surface area contributed by atoms with Gasteiger partial charge in [-0.05, 0) is 11.4 Å². The Morgan fingerprint density at radius 2 is 2.35 bits per heavy atom. The number of hydrogen-bond donors (Lipinski definition) is 1. The fourth-order valence-electron chi connectivity index (χ4n) is 1.34. The Kier molecular flexibility index (Phi) is 3.75. The van der Waals surface area contributed by atoms with Gasteiger partial charge in [-0.25, -0.2) is 4.98 Å². The van der Waals surface area contributed by atoms with E-state index in [0.717, 1.165) is 15.7 Å². The fraction of sp³-hybridized carbons (Fsp3) is 0.273. The molecule has 0 saturated carbocycles. The molecule has 0 aliphatic heterocycles. The molecule has 0 unspecified atom stereocenters. The van der Waals surface area contributed by atoms with Crippen LogP contribution in [0.5, 0.6) is 0 Å². The zero-order valence-electron chi connectivity index (χ0n) is 9.29. The highest BCUT2D eigenvalue weighted by molar-refractivity contribution is 7.15. The Morgan fingerprint density at radius 3 is 3.00 bits per heavy atom. The van der Waals surface area contributed by atoms with Gasteiger partial charge in [-0.1, -0.05) is 6.07 Å². The number of anilines is 1. The van der Waals surface area contributed by atoms with Gasteiger partial charge in [0.25, 0.3) is 0 Å². The number of carbonyl (C=O) groups is 1. The lowest BCUT2D eigenvalue weighted by Gasteiger charge is -2.13. The van der Waals surface area contributed by atoms with Crippen LogP contribution in [0.1, 0.15) is 6.42 Å². The molecule has 0 bridgehead atoms. The van der Waals surface area contributed by atoms with Gasteiger partial charge in [-0.15, -0.1) is 22.7 Å². The minimum atomic E-state index is -0.785. The van der Waals surface area contributed by atoms with Crippen LogP contribution in [-0.4, -0.2) is 29.7 Å². The second-order valence-corrected chi connectivity index (χ2v) is 5.34. The molecule has 0 aliphatic rings. The van der Waals surface area contributed by atoms with Crippen molar-refractivity contribution in [3.8, 4) is 10.6 Å². The topological polar surface area (TPSA) is 53.4 Å². The molecule has 0 saturated heterocycles. The molecule has 2 rings (SSSR count). The van der Waals surface area contributed by atoms with E-state index in [1.165, 1.54) is 11.3 Å². The van der Waals surface area contributed by atoms with Crippen LogP contribution in [0.4, 0.5) is 5.13 Å². The summed E-state index contributed by atoms with van der Waals surface area (Å²) in [6.07, 6.45) is 0.129. The summed E-state index contributed by atoms with van der Waals surface area (Å²) < 4.78 is 0. The van der Waals surface area contributed by atoms with E-state index in [9.17, 15) is 4.79 Å². The second kappa shape index (κ2) is 5.29. The third kappa shape index (κ3) is 3.04. The molecule has 17 heavy (non-hydrogen) atoms. The maximum atomic E-state index is 10.5. The number of aliphatic carboxylic acids is 1. The van der Waals surface area contributed by atoms with Crippen LogP contribution < -0.4 is 4.90 Å². The summed E-state index contributed by atoms with van der Waals surface area (Å²) in [6, 6.07) is 4.02. The Hall–Kier alpha value is -1.40. The van der Waals surface area contributed by atoms with Gasteiger partial charge in [0.1, 0.15) is 0 Å². The van der Waals surface area contributed by atoms with Crippen molar-refractivity contribution in [3.05, 3.63) is 22.9 Å². The highest BCUT2D eigenvalue weighted by atomic mass is 32.1. The van der Waals surface area contributed by atoms with E-state index in [4.69, 9.17) is 5.11 Å². The van der Waals surface area contributed by atoms with Gasteiger partial charge < -0.3 is 10.0 Å². The average molecular weight is 268 g/mol. The van der Waals surface area contributed by atoms with Crippen LogP contribution in [0.25, 0.3) is 10.6 Å². The van der Waals surface area contributed by atoms with Crippen molar-refractivity contribution in [2.45, 2.75) is 6.42 Å². The number of thiophene rings is 1. The lowest BCUT2D eigenvalue weighted by molar-refractivity contribution is -0.136. The minimum absolute atomic E-state index is 0.129. The lowest BCUT2D eigenvalue weighted by atomic mass is 10.4. The molecule has 0 aromatic carbocycles. The Labute approximate surface area is 107 Å². The zero-order chi connectivity index (χ0) is 12.3. The molecule has 0 radical (unpaired) electrons. The fourth-order valence-corrected chi connectivity index (χ4v) is 2.92. The van der Waals surface area contributed by atoms with Crippen molar-refractivity contribution in [1.82, 2.24) is 4.98 Å². The van der Waals surface area contributed by atoms with Gasteiger partial charge in [0.2, 0.25) is 0 Å². The molecule has 0 atom stereocenters. The van der Waals surface area contributed by atoms with E-state index in [0.29, 0.717) is 6.54 Å². The van der Waals surface area contributed by atoms with Gasteiger partial charge in [-0.2, -0.15) is 0 Å². The number of rotatable bonds is 5. The maximum absolute atomic E-state index is 10.5. The van der Waals surface area contributed by atoms with Gasteiger partial charge in [-0.3, -0.25) is 4.79 Å². The normalized spacial score (nSPS) is 10.4. The Balaban J connectivity index is 2.05. The molecule has 0 fully saturated rings. The molecule has 0 aliphatic carbocycles. The SMILES string of the molecule is CN(CCC(=O)O)c1nc(-c2cccs2)cs1. The van der Waals surface area contributed by atoms with Crippen LogP contribution in [0.2, 0.25) is 0 Å². The first-order valence-corrected chi connectivity index (χ1v) is 6.85. The monoisotopic (exact) mass is 268 g/mol. The van der Waals surface area contributed by atoms with Gasteiger partial charge >= 0.3 is 5.97 Å². The number of hydrogen-bond acceptors (Lipinski definition) is 5. The molecular weight excluding hydrogens is 256 g/mol. The molecule has 1 N–H and O–H groups in total. The van der Waals surface area contributed by atoms with Crippen LogP contribution in [-0.2, 0) is 4.79 Å². The van der Waals surface area contributed by atoms with Crippen LogP contribution in [0.15, 0.2) is 22.9 Å². The third-order valence-corrected chi connectivity index (χ3v) is 4.10. The predicted octanol–water partition coefficient (Wildman–Crippen LogP) is 2.78. The summed E-state index contributed by atoms with van der Waals surface area (Å²) in [5.74, 6) is -0.785. The second-order valence-electron chi connectivity index (χ2n) is 3.56. The number of aromatic nitrogens is 1. The summed E-state index contributed by atoms with van der Waals surface area (Å²) >= 11 is 3.19. The molecule has 0 spiro atoms. The average Bonchev–Trinajstić information content (AvgIpc) is 2.94. The van der Waals surface area contributed by atoms with E-state index < -0.39 is 5.97 Å². The first-order valence-electron chi connectivity index (χ1n) is 5.09. The molecule has 4 nitrogen and oxygen atoms in total. The minimum Gasteiger partial charge on any atom is -0.481 e. The highest BCUT2D eigenvalue weighted by Gasteiger charge is 2.10. The van der Waals surface area contributed by atoms with Crippen LogP contribution in [0, 0.1) is 0 Å². The lowest BCUT2D eigenvalue weighted by Crippen LogP contribution is -2.20. The van der Waals surface area contributed by atoms with Crippen molar-refractivity contribution in [1.29, 1.82) is 0 Å². The largest absolute Gasteiger partial charge is 0.481 e. The number of carboxylic acids is 1. The van der Waals surface area contributed by atoms with Crippen molar-refractivity contribution in [2.75, 3.05) is 18.5 Å². The van der Waals surface area contributed by atoms with E-state index in [-0.39, 0.29) is 6.42 Å². The number of carboxylic acid groups (broad SMARTS) is 1. The van der Waals surface area contributed by atoms with Gasteiger partial charge in [0.15, 0.2) is 5.13 Å². The van der Waals surface area contributed by atoms with E-state index in [1.54, 1.807) is 11.3 Å². The number of nitrogens with zero attached hydrogens (tertiary/aromatic N) is 2. The van der Waals surface area contributed by atoms with Crippen LogP contribution >= 0.6 is 22.7 Å². The zero-order valence-corrected chi connectivity index (χ0v) is 10.9. The molecule has 0 amide bonds. The Bertz CT molecular complexity index is 493. The predicted molar refractivity (Wildman–Crippen MR) is 70.9 cm³/mol. The summed E-state index contributed by atoms with van der Waals surface area (Å²) in [6.45, 7) is 0.479. The van der Waals surface area contributed by atoms with Crippen molar-refractivity contribution < 1.29 is 9.90 Å². The molecular formula is C11H12N2O2S2. The summed E-state index contributed by atoms with van der Waals surface area (Å²) in [4.78, 5) is 18.0. The molecule has 2 heterocycles. The van der Waals surface area contributed by atoms with Crippen molar-refractivity contribution in [3.63, 3.8) is 0 Å². The molecule has 2 aromatic heterocycles. The van der Waals surface area contributed by atoms with Crippen molar-refractivity contribution in [2.24, 2.45) is 0 Å². The smallest absolute Gasteiger partial charge is 0.305 e. The first kappa shape index (κ1) is 12.1. The molecule has 6 heteroatoms. The Morgan fingerprint density at radius 1 is 1.53 bits per heavy atom. The molecule has 2 aromatic rings. The van der Waals surface area contributed by atoms with E-state index >= 15 is 0 Å². The van der Waals surface area contributed by atoms with E-state index in [1.807, 2.05) is 34.8 Å². The van der Waals surface area contributed by atoms with Crippen LogP contribution in [0.3, 0.4) is 0 Å². The summed E-state index contributed by atoms with van der Waals surface area (Å²) in [5.41, 5.74) is 0.960. The standard InChI is InChI=1S/C11H12N2O2S2/c1-13(5-4-10(14)15)11-12-8(7-17-11)9-3-2-6-16-9/h2-3,6-7H,4-5H2,1H3,(H,14,15). The van der Waals surface area contributed by atoms with Crippen molar-refractivity contribution >= 4 is 33.8 Å². The summed E-state index contributed by atoms with van der Waals surface area (Å²) in [5, 5.41) is 13.5. The molecule has 90 valence electrons. The van der Waals surface area contributed by atoms with Gasteiger partial charge in [0, 0.05) is 19.0 Å². The van der Waals surface area contributed by atoms with E-state index in [2.05, 4.69) is 4.98 Å². The third-order valence-electron chi connectivity index (χ3n) is 2.25. The quantitative estimate of drug-likeness (QED) is 0.906.